The highest BCUT2D eigenvalue weighted by Crippen LogP contribution is 2.39. The lowest BCUT2D eigenvalue weighted by Crippen LogP contribution is -1.99. The van der Waals surface area contributed by atoms with E-state index in [1.54, 1.807) is 48.5 Å². The monoisotopic (exact) mass is 440 g/mol. The van der Waals surface area contributed by atoms with E-state index in [4.69, 9.17) is 0 Å². The summed E-state index contributed by atoms with van der Waals surface area (Å²) in [6.07, 6.45) is 0. The van der Waals surface area contributed by atoms with Crippen molar-refractivity contribution in [2.45, 2.75) is 0 Å². The summed E-state index contributed by atoms with van der Waals surface area (Å²) in [6, 6.07) is 14.0. The van der Waals surface area contributed by atoms with Crippen molar-refractivity contribution in [2.75, 3.05) is 0 Å². The van der Waals surface area contributed by atoms with Crippen molar-refractivity contribution < 1.29 is 13.2 Å². The molecule has 0 fully saturated rings. The largest absolute Gasteiger partial charge is 0.206 e. The molecule has 0 aliphatic carbocycles. The fraction of sp³-hybridized carbons (Fsp3) is 0. The highest BCUT2D eigenvalue weighted by molar-refractivity contribution is 9.11. The molecule has 5 heteroatoms. The molecule has 0 aliphatic rings. The Morgan fingerprint density at radius 1 is 0.609 bits per heavy atom. The molecule has 0 saturated heterocycles. The molecule has 3 aromatic rings. The number of benzene rings is 3. The Hall–Kier alpha value is -1.59. The summed E-state index contributed by atoms with van der Waals surface area (Å²) in [7, 11) is 0. The molecule has 0 nitrogen and oxygen atoms in total. The van der Waals surface area contributed by atoms with E-state index >= 15 is 4.39 Å². The van der Waals surface area contributed by atoms with E-state index in [9.17, 15) is 8.78 Å². The highest BCUT2D eigenvalue weighted by atomic mass is 79.9. The van der Waals surface area contributed by atoms with Crippen LogP contribution >= 0.6 is 31.9 Å². The lowest BCUT2D eigenvalue weighted by molar-refractivity contribution is 0.552. The van der Waals surface area contributed by atoms with Gasteiger partial charge in [0.1, 0.15) is 17.5 Å². The Bertz CT molecular complexity index is 822. The second kappa shape index (κ2) is 6.49. The van der Waals surface area contributed by atoms with E-state index in [1.807, 2.05) is 0 Å². The zero-order valence-corrected chi connectivity index (χ0v) is 14.8. The summed E-state index contributed by atoms with van der Waals surface area (Å²) in [5.74, 6) is -2.81. The first-order chi connectivity index (χ1) is 11.0. The van der Waals surface area contributed by atoms with Crippen molar-refractivity contribution in [1.82, 2.24) is 0 Å². The molecule has 0 amide bonds. The van der Waals surface area contributed by atoms with E-state index in [-0.39, 0.29) is 11.1 Å². The Morgan fingerprint density at radius 3 is 1.39 bits per heavy atom. The summed E-state index contributed by atoms with van der Waals surface area (Å²) < 4.78 is 44.6. The molecule has 0 bridgehead atoms. The van der Waals surface area contributed by atoms with Crippen LogP contribution in [0.3, 0.4) is 0 Å². The molecule has 0 heterocycles. The van der Waals surface area contributed by atoms with Gasteiger partial charge in [0.15, 0.2) is 0 Å². The van der Waals surface area contributed by atoms with Crippen LogP contribution in [0.25, 0.3) is 22.3 Å². The average molecular weight is 442 g/mol. The van der Waals surface area contributed by atoms with Crippen molar-refractivity contribution >= 4 is 31.9 Å². The maximum atomic E-state index is 15.0. The van der Waals surface area contributed by atoms with Gasteiger partial charge in [0.2, 0.25) is 0 Å². The van der Waals surface area contributed by atoms with Crippen LogP contribution < -0.4 is 0 Å². The van der Waals surface area contributed by atoms with Gasteiger partial charge in [-0.1, -0.05) is 68.3 Å². The van der Waals surface area contributed by atoms with Crippen molar-refractivity contribution in [3.05, 3.63) is 81.0 Å². The molecule has 116 valence electrons. The Labute approximate surface area is 148 Å². The van der Waals surface area contributed by atoms with Crippen LogP contribution in [-0.2, 0) is 0 Å². The standard InChI is InChI=1S/C18H9Br2F3/c19-12-7-3-1-5-10(12)16-14(21)9-15(22)17(18(16)23)11-6-2-4-8-13(11)20/h1-9H. The molecule has 3 aromatic carbocycles. The van der Waals surface area contributed by atoms with Crippen molar-refractivity contribution in [3.8, 4) is 22.3 Å². The SMILES string of the molecule is Fc1cc(F)c(-c2ccccc2Br)c(F)c1-c1ccccc1Br. The zero-order valence-electron chi connectivity index (χ0n) is 11.6. The van der Waals surface area contributed by atoms with Gasteiger partial charge in [0, 0.05) is 26.1 Å². The molecule has 0 aromatic heterocycles. The molecular formula is C18H9Br2F3. The second-order valence-electron chi connectivity index (χ2n) is 4.86. The summed E-state index contributed by atoms with van der Waals surface area (Å²) in [5.41, 5.74) is 0.140. The fourth-order valence-corrected chi connectivity index (χ4v) is 3.38. The van der Waals surface area contributed by atoms with Crippen LogP contribution in [0.15, 0.2) is 63.5 Å². The smallest absolute Gasteiger partial charge is 0.144 e. The van der Waals surface area contributed by atoms with Gasteiger partial charge < -0.3 is 0 Å². The van der Waals surface area contributed by atoms with E-state index in [2.05, 4.69) is 31.9 Å². The third-order valence-corrected chi connectivity index (χ3v) is 4.84. The molecule has 0 spiro atoms. The van der Waals surface area contributed by atoms with Gasteiger partial charge in [-0.2, -0.15) is 0 Å². The fourth-order valence-electron chi connectivity index (χ4n) is 2.41. The van der Waals surface area contributed by atoms with Crippen LogP contribution in [0.4, 0.5) is 13.2 Å². The normalized spacial score (nSPS) is 10.8. The van der Waals surface area contributed by atoms with E-state index < -0.39 is 17.5 Å². The maximum Gasteiger partial charge on any atom is 0.144 e. The van der Waals surface area contributed by atoms with Gasteiger partial charge in [0.05, 0.1) is 11.1 Å². The van der Waals surface area contributed by atoms with Crippen molar-refractivity contribution in [3.63, 3.8) is 0 Å². The Kier molecular flexibility index (Phi) is 4.60. The first kappa shape index (κ1) is 16.3. The number of hydrogen-bond donors (Lipinski definition) is 0. The van der Waals surface area contributed by atoms with Crippen molar-refractivity contribution in [2.24, 2.45) is 0 Å². The van der Waals surface area contributed by atoms with E-state index in [0.717, 1.165) is 0 Å². The van der Waals surface area contributed by atoms with Crippen LogP contribution in [0, 0.1) is 17.5 Å². The molecule has 23 heavy (non-hydrogen) atoms. The minimum absolute atomic E-state index is 0.260. The summed E-state index contributed by atoms with van der Waals surface area (Å²) in [6.45, 7) is 0. The van der Waals surface area contributed by atoms with Gasteiger partial charge in [-0.25, -0.2) is 13.2 Å². The van der Waals surface area contributed by atoms with Crippen LogP contribution in [0.5, 0.6) is 0 Å². The minimum Gasteiger partial charge on any atom is -0.206 e. The second-order valence-corrected chi connectivity index (χ2v) is 6.57. The summed E-state index contributed by atoms with van der Waals surface area (Å²) in [4.78, 5) is 0. The van der Waals surface area contributed by atoms with Crippen LogP contribution in [-0.4, -0.2) is 0 Å². The van der Waals surface area contributed by atoms with Gasteiger partial charge in [-0.15, -0.1) is 0 Å². The Balaban J connectivity index is 2.35. The lowest BCUT2D eigenvalue weighted by atomic mass is 9.97. The molecule has 0 radical (unpaired) electrons. The number of halogens is 5. The third kappa shape index (κ3) is 2.95. The lowest BCUT2D eigenvalue weighted by Gasteiger charge is -2.13. The summed E-state index contributed by atoms with van der Waals surface area (Å²) in [5, 5.41) is 0. The zero-order chi connectivity index (χ0) is 16.6. The van der Waals surface area contributed by atoms with Crippen LogP contribution in [0.1, 0.15) is 0 Å². The predicted molar refractivity (Wildman–Crippen MR) is 92.6 cm³/mol. The molecule has 0 atom stereocenters. The Morgan fingerprint density at radius 2 is 1.00 bits per heavy atom. The molecule has 0 saturated carbocycles. The third-order valence-electron chi connectivity index (χ3n) is 3.46. The van der Waals surface area contributed by atoms with Crippen molar-refractivity contribution in [1.29, 1.82) is 0 Å². The van der Waals surface area contributed by atoms with Gasteiger partial charge >= 0.3 is 0 Å². The predicted octanol–water partition coefficient (Wildman–Crippen LogP) is 6.96. The van der Waals surface area contributed by atoms with E-state index in [0.29, 0.717) is 26.1 Å². The highest BCUT2D eigenvalue weighted by Gasteiger charge is 2.23. The summed E-state index contributed by atoms with van der Waals surface area (Å²) >= 11 is 6.56. The molecular weight excluding hydrogens is 433 g/mol. The molecule has 0 N–H and O–H groups in total. The van der Waals surface area contributed by atoms with E-state index in [1.165, 1.54) is 0 Å². The minimum atomic E-state index is -0.942. The van der Waals surface area contributed by atoms with Gasteiger partial charge in [-0.3, -0.25) is 0 Å². The first-order valence-corrected chi connectivity index (χ1v) is 8.26. The maximum absolute atomic E-state index is 15.0. The average Bonchev–Trinajstić information content (AvgIpc) is 2.50. The van der Waals surface area contributed by atoms with Gasteiger partial charge in [0.25, 0.3) is 0 Å². The first-order valence-electron chi connectivity index (χ1n) is 6.68. The topological polar surface area (TPSA) is 0 Å². The number of rotatable bonds is 2. The van der Waals surface area contributed by atoms with Gasteiger partial charge in [-0.05, 0) is 12.1 Å². The molecule has 0 aliphatic heterocycles. The number of hydrogen-bond acceptors (Lipinski definition) is 0. The molecule has 0 unspecified atom stereocenters. The quantitative estimate of drug-likeness (QED) is 0.403. The van der Waals surface area contributed by atoms with Crippen LogP contribution in [0.2, 0.25) is 0 Å². The molecule has 3 rings (SSSR count).